The van der Waals surface area contributed by atoms with E-state index in [-0.39, 0.29) is 6.42 Å². The fourth-order valence-electron chi connectivity index (χ4n) is 0.656. The van der Waals surface area contributed by atoms with Crippen LogP contribution in [0.25, 0.3) is 0 Å². The number of nitrogens with one attached hydrogen (secondary N) is 1. The number of aromatic amines is 1. The van der Waals surface area contributed by atoms with E-state index in [4.69, 9.17) is 5.11 Å². The first-order valence-electron chi connectivity index (χ1n) is 2.94. The van der Waals surface area contributed by atoms with Crippen LogP contribution in [0, 0.1) is 0 Å². The van der Waals surface area contributed by atoms with Gasteiger partial charge in [0.05, 0.1) is 0 Å². The molecule has 0 aromatic carbocycles. The molecule has 10 heavy (non-hydrogen) atoms. The van der Waals surface area contributed by atoms with E-state index >= 15 is 0 Å². The summed E-state index contributed by atoms with van der Waals surface area (Å²) in [5.74, 6) is 0.625. The summed E-state index contributed by atoms with van der Waals surface area (Å²) in [7, 11) is 0. The van der Waals surface area contributed by atoms with Crippen molar-refractivity contribution < 1.29 is 9.90 Å². The van der Waals surface area contributed by atoms with E-state index in [2.05, 4.69) is 9.97 Å². The zero-order valence-corrected chi connectivity index (χ0v) is 5.32. The van der Waals surface area contributed by atoms with Crippen LogP contribution in [0.1, 0.15) is 5.82 Å². The fraction of sp³-hybridized carbons (Fsp3) is 0.333. The normalized spacial score (nSPS) is 12.9. The van der Waals surface area contributed by atoms with Gasteiger partial charge in [0, 0.05) is 18.8 Å². The van der Waals surface area contributed by atoms with Crippen LogP contribution in [0.15, 0.2) is 12.4 Å². The van der Waals surface area contributed by atoms with Gasteiger partial charge in [-0.05, 0) is 0 Å². The first-order valence-corrected chi connectivity index (χ1v) is 2.94. The minimum Gasteiger partial charge on any atom is -0.385 e. The smallest absolute Gasteiger partial charge is 0.148 e. The van der Waals surface area contributed by atoms with Gasteiger partial charge in [-0.25, -0.2) is 4.98 Å². The molecule has 1 aromatic heterocycles. The Morgan fingerprint density at radius 2 is 2.70 bits per heavy atom. The summed E-state index contributed by atoms with van der Waals surface area (Å²) in [5.41, 5.74) is 0. The van der Waals surface area contributed by atoms with Gasteiger partial charge in [-0.15, -0.1) is 0 Å². The molecular formula is C6H8N2O2. The highest BCUT2D eigenvalue weighted by atomic mass is 16.3. The molecule has 0 bridgehead atoms. The van der Waals surface area contributed by atoms with Gasteiger partial charge in [-0.1, -0.05) is 0 Å². The van der Waals surface area contributed by atoms with E-state index in [1.54, 1.807) is 12.4 Å². The van der Waals surface area contributed by atoms with Crippen molar-refractivity contribution in [2.75, 3.05) is 0 Å². The van der Waals surface area contributed by atoms with Crippen LogP contribution >= 0.6 is 0 Å². The molecule has 54 valence electrons. The minimum absolute atomic E-state index is 0.260. The summed E-state index contributed by atoms with van der Waals surface area (Å²) < 4.78 is 0. The third kappa shape index (κ3) is 1.66. The molecule has 0 fully saturated rings. The van der Waals surface area contributed by atoms with E-state index in [9.17, 15) is 4.79 Å². The lowest BCUT2D eigenvalue weighted by atomic mass is 10.3. The Morgan fingerprint density at radius 3 is 3.20 bits per heavy atom. The molecule has 4 heteroatoms. The Labute approximate surface area is 57.9 Å². The molecule has 0 radical (unpaired) electrons. The first-order chi connectivity index (χ1) is 4.83. The number of imidazole rings is 1. The van der Waals surface area contributed by atoms with Crippen molar-refractivity contribution in [1.29, 1.82) is 0 Å². The van der Waals surface area contributed by atoms with Crippen molar-refractivity contribution >= 4 is 6.29 Å². The molecule has 4 nitrogen and oxygen atoms in total. The van der Waals surface area contributed by atoms with Gasteiger partial charge in [0.1, 0.15) is 18.2 Å². The van der Waals surface area contributed by atoms with Gasteiger partial charge in [0.15, 0.2) is 0 Å². The first kappa shape index (κ1) is 6.95. The Morgan fingerprint density at radius 1 is 1.90 bits per heavy atom. The maximum atomic E-state index is 9.94. The average molecular weight is 140 g/mol. The Balaban J connectivity index is 2.47. The second kappa shape index (κ2) is 3.12. The number of rotatable bonds is 3. The van der Waals surface area contributed by atoms with Gasteiger partial charge in [0.25, 0.3) is 0 Å². The van der Waals surface area contributed by atoms with Gasteiger partial charge in [-0.3, -0.25) is 0 Å². The zero-order valence-electron chi connectivity index (χ0n) is 5.32. The molecule has 0 aliphatic rings. The molecule has 1 heterocycles. The molecule has 0 spiro atoms. The molecule has 0 amide bonds. The summed E-state index contributed by atoms with van der Waals surface area (Å²) in [6, 6.07) is 0. The maximum absolute atomic E-state index is 9.94. The molecule has 1 rings (SSSR count). The third-order valence-corrected chi connectivity index (χ3v) is 1.11. The summed E-state index contributed by atoms with van der Waals surface area (Å²) in [6.45, 7) is 0. The minimum atomic E-state index is -0.939. The van der Waals surface area contributed by atoms with Crippen molar-refractivity contribution in [2.45, 2.75) is 12.5 Å². The third-order valence-electron chi connectivity index (χ3n) is 1.11. The number of hydrogen-bond donors (Lipinski definition) is 2. The van der Waals surface area contributed by atoms with Gasteiger partial charge < -0.3 is 14.9 Å². The van der Waals surface area contributed by atoms with Crippen LogP contribution < -0.4 is 0 Å². The summed E-state index contributed by atoms with van der Waals surface area (Å²) >= 11 is 0. The quantitative estimate of drug-likeness (QED) is 0.557. The lowest BCUT2D eigenvalue weighted by Crippen LogP contribution is -2.12. The fourth-order valence-corrected chi connectivity index (χ4v) is 0.656. The Hall–Kier alpha value is -1.16. The summed E-state index contributed by atoms with van der Waals surface area (Å²) in [6.07, 6.45) is 3.03. The van der Waals surface area contributed by atoms with E-state index in [1.165, 1.54) is 0 Å². The molecule has 0 aliphatic heterocycles. The number of carbonyl (C=O) groups is 1. The number of carbonyl (C=O) groups excluding carboxylic acids is 1. The van der Waals surface area contributed by atoms with Crippen LogP contribution in [0.3, 0.4) is 0 Å². The van der Waals surface area contributed by atoms with Crippen LogP contribution in [0.2, 0.25) is 0 Å². The molecule has 0 aliphatic carbocycles. The van der Waals surface area contributed by atoms with Crippen LogP contribution in [-0.4, -0.2) is 27.5 Å². The van der Waals surface area contributed by atoms with Gasteiger partial charge in [0.2, 0.25) is 0 Å². The lowest BCUT2D eigenvalue weighted by Gasteiger charge is -1.96. The highest BCUT2D eigenvalue weighted by Gasteiger charge is 2.03. The summed E-state index contributed by atoms with van der Waals surface area (Å²) in [4.78, 5) is 16.5. The van der Waals surface area contributed by atoms with Gasteiger partial charge in [-0.2, -0.15) is 0 Å². The van der Waals surface area contributed by atoms with E-state index in [0.717, 1.165) is 0 Å². The number of aliphatic hydroxyl groups is 1. The van der Waals surface area contributed by atoms with Crippen LogP contribution in [-0.2, 0) is 11.2 Å². The average Bonchev–Trinajstić information content (AvgIpc) is 2.40. The van der Waals surface area contributed by atoms with Gasteiger partial charge >= 0.3 is 0 Å². The largest absolute Gasteiger partial charge is 0.385 e. The van der Waals surface area contributed by atoms with Crippen LogP contribution in [0.5, 0.6) is 0 Å². The topological polar surface area (TPSA) is 66.0 Å². The lowest BCUT2D eigenvalue weighted by molar-refractivity contribution is -0.114. The van der Waals surface area contributed by atoms with Crippen molar-refractivity contribution in [3.63, 3.8) is 0 Å². The van der Waals surface area contributed by atoms with E-state index in [1.807, 2.05) is 0 Å². The number of aromatic nitrogens is 2. The van der Waals surface area contributed by atoms with Crippen molar-refractivity contribution in [3.05, 3.63) is 18.2 Å². The molecule has 1 unspecified atom stereocenters. The number of aldehydes is 1. The van der Waals surface area contributed by atoms with E-state index in [0.29, 0.717) is 12.1 Å². The number of H-pyrrole nitrogens is 1. The molecule has 0 saturated heterocycles. The Kier molecular flexibility index (Phi) is 2.17. The van der Waals surface area contributed by atoms with Crippen LogP contribution in [0.4, 0.5) is 0 Å². The molecule has 1 aromatic rings. The number of aliphatic hydroxyl groups excluding tert-OH is 1. The molecule has 0 saturated carbocycles. The predicted molar refractivity (Wildman–Crippen MR) is 34.4 cm³/mol. The highest BCUT2D eigenvalue weighted by Crippen LogP contribution is 1.92. The predicted octanol–water partition coefficient (Wildman–Crippen LogP) is -0.488. The maximum Gasteiger partial charge on any atom is 0.148 e. The standard InChI is InChI=1S/C6H8N2O2/c9-4-5(10)3-6-7-1-2-8-6/h1-2,4-5,10H,3H2,(H,7,8). The number of nitrogens with zero attached hydrogens (tertiary/aromatic N) is 1. The van der Waals surface area contributed by atoms with E-state index < -0.39 is 6.10 Å². The monoisotopic (exact) mass is 140 g/mol. The highest BCUT2D eigenvalue weighted by molar-refractivity contribution is 5.55. The SMILES string of the molecule is O=CC(O)Cc1ncc[nH]1. The molecule has 2 N–H and O–H groups in total. The van der Waals surface area contributed by atoms with Crippen molar-refractivity contribution in [1.82, 2.24) is 9.97 Å². The molecule has 1 atom stereocenters. The zero-order chi connectivity index (χ0) is 7.40. The summed E-state index contributed by atoms with van der Waals surface area (Å²) in [5, 5.41) is 8.80. The van der Waals surface area contributed by atoms with Crippen molar-refractivity contribution in [2.24, 2.45) is 0 Å². The second-order valence-corrected chi connectivity index (χ2v) is 1.94. The number of hydrogen-bond acceptors (Lipinski definition) is 3. The Bertz CT molecular complexity index is 196. The second-order valence-electron chi connectivity index (χ2n) is 1.94. The van der Waals surface area contributed by atoms with Crippen molar-refractivity contribution in [3.8, 4) is 0 Å². The molecular weight excluding hydrogens is 132 g/mol.